The number of nitrogens with zero attached hydrogens (tertiary/aromatic N) is 1. The standard InChI is InChI=1S/C12H17NO2S/c1-10-3-5-12(6-4-10)16(14,15)13-8-7-11(2)9-13/h3-6,11H,7-9H2,1-2H3/t11-/m1/s1. The van der Waals surface area contributed by atoms with Crippen LogP contribution in [0.25, 0.3) is 0 Å². The summed E-state index contributed by atoms with van der Waals surface area (Å²) in [5.41, 5.74) is 1.08. The molecule has 1 aromatic rings. The van der Waals surface area contributed by atoms with Gasteiger partial charge < -0.3 is 0 Å². The molecule has 16 heavy (non-hydrogen) atoms. The van der Waals surface area contributed by atoms with E-state index < -0.39 is 10.0 Å². The molecule has 0 radical (unpaired) electrons. The molecule has 0 saturated carbocycles. The topological polar surface area (TPSA) is 37.4 Å². The average Bonchev–Trinajstić information content (AvgIpc) is 2.66. The lowest BCUT2D eigenvalue weighted by atomic mass is 10.2. The molecule has 88 valence electrons. The van der Waals surface area contributed by atoms with Crippen molar-refractivity contribution in [1.82, 2.24) is 4.31 Å². The van der Waals surface area contributed by atoms with Gasteiger partial charge in [0.25, 0.3) is 0 Å². The lowest BCUT2D eigenvalue weighted by Gasteiger charge is -2.15. The number of hydrogen-bond acceptors (Lipinski definition) is 2. The van der Waals surface area contributed by atoms with Crippen molar-refractivity contribution in [3.05, 3.63) is 29.8 Å². The van der Waals surface area contributed by atoms with E-state index in [1.807, 2.05) is 19.1 Å². The zero-order chi connectivity index (χ0) is 11.8. The van der Waals surface area contributed by atoms with E-state index in [1.54, 1.807) is 16.4 Å². The lowest BCUT2D eigenvalue weighted by molar-refractivity contribution is 0.464. The molecule has 1 aromatic carbocycles. The van der Waals surface area contributed by atoms with E-state index >= 15 is 0 Å². The van der Waals surface area contributed by atoms with E-state index in [4.69, 9.17) is 0 Å². The van der Waals surface area contributed by atoms with Crippen LogP contribution in [0.3, 0.4) is 0 Å². The van der Waals surface area contributed by atoms with E-state index in [0.717, 1.165) is 12.0 Å². The highest BCUT2D eigenvalue weighted by Crippen LogP contribution is 2.23. The van der Waals surface area contributed by atoms with E-state index in [-0.39, 0.29) is 0 Å². The normalized spacial score (nSPS) is 22.5. The summed E-state index contributed by atoms with van der Waals surface area (Å²) in [5.74, 6) is 0.472. The minimum absolute atomic E-state index is 0.409. The average molecular weight is 239 g/mol. The third-order valence-electron chi connectivity index (χ3n) is 3.05. The van der Waals surface area contributed by atoms with Crippen LogP contribution in [0.1, 0.15) is 18.9 Å². The lowest BCUT2D eigenvalue weighted by Crippen LogP contribution is -2.28. The van der Waals surface area contributed by atoms with Crippen LogP contribution in [0.4, 0.5) is 0 Å². The van der Waals surface area contributed by atoms with Crippen LogP contribution in [-0.2, 0) is 10.0 Å². The molecule has 1 atom stereocenters. The highest BCUT2D eigenvalue weighted by atomic mass is 32.2. The molecule has 0 bridgehead atoms. The fraction of sp³-hybridized carbons (Fsp3) is 0.500. The fourth-order valence-corrected chi connectivity index (χ4v) is 3.55. The predicted octanol–water partition coefficient (Wildman–Crippen LogP) is 2.03. The Morgan fingerprint density at radius 2 is 1.88 bits per heavy atom. The Hall–Kier alpha value is -0.870. The van der Waals surface area contributed by atoms with Crippen molar-refractivity contribution in [2.75, 3.05) is 13.1 Å². The molecule has 1 aliphatic heterocycles. The summed E-state index contributed by atoms with van der Waals surface area (Å²) in [6.45, 7) is 5.34. The monoisotopic (exact) mass is 239 g/mol. The second-order valence-corrected chi connectivity index (χ2v) is 6.51. The van der Waals surface area contributed by atoms with Gasteiger partial charge in [0.15, 0.2) is 0 Å². The van der Waals surface area contributed by atoms with Crippen molar-refractivity contribution < 1.29 is 8.42 Å². The summed E-state index contributed by atoms with van der Waals surface area (Å²) < 4.78 is 26.0. The van der Waals surface area contributed by atoms with Crippen LogP contribution in [0.2, 0.25) is 0 Å². The Morgan fingerprint density at radius 3 is 2.38 bits per heavy atom. The first-order valence-corrected chi connectivity index (χ1v) is 7.01. The molecule has 1 aliphatic rings. The summed E-state index contributed by atoms with van der Waals surface area (Å²) in [4.78, 5) is 0.409. The van der Waals surface area contributed by atoms with Gasteiger partial charge >= 0.3 is 0 Å². The van der Waals surface area contributed by atoms with Crippen LogP contribution >= 0.6 is 0 Å². The Bertz CT molecular complexity index is 464. The quantitative estimate of drug-likeness (QED) is 0.792. The molecule has 2 rings (SSSR count). The molecule has 0 aromatic heterocycles. The van der Waals surface area contributed by atoms with Crippen LogP contribution in [0, 0.1) is 12.8 Å². The smallest absolute Gasteiger partial charge is 0.207 e. The summed E-state index contributed by atoms with van der Waals surface area (Å²) in [7, 11) is -3.26. The van der Waals surface area contributed by atoms with Gasteiger partial charge in [-0.1, -0.05) is 24.6 Å². The van der Waals surface area contributed by atoms with Gasteiger partial charge in [-0.15, -0.1) is 0 Å². The molecule has 0 N–H and O–H groups in total. The maximum atomic E-state index is 12.2. The molecule has 4 heteroatoms. The number of sulfonamides is 1. The summed E-state index contributed by atoms with van der Waals surface area (Å²) >= 11 is 0. The minimum Gasteiger partial charge on any atom is -0.207 e. The highest BCUT2D eigenvalue weighted by molar-refractivity contribution is 7.89. The van der Waals surface area contributed by atoms with Gasteiger partial charge in [-0.2, -0.15) is 4.31 Å². The highest BCUT2D eigenvalue weighted by Gasteiger charge is 2.30. The first-order chi connectivity index (χ1) is 7.50. The van der Waals surface area contributed by atoms with E-state index in [2.05, 4.69) is 6.92 Å². The maximum absolute atomic E-state index is 12.2. The Labute approximate surface area is 97.1 Å². The van der Waals surface area contributed by atoms with E-state index in [9.17, 15) is 8.42 Å². The minimum atomic E-state index is -3.26. The maximum Gasteiger partial charge on any atom is 0.243 e. The van der Waals surface area contributed by atoms with Crippen LogP contribution in [0.5, 0.6) is 0 Å². The van der Waals surface area contributed by atoms with Crippen molar-refractivity contribution in [3.63, 3.8) is 0 Å². The molecule has 0 spiro atoms. The summed E-state index contributed by atoms with van der Waals surface area (Å²) in [6, 6.07) is 7.06. The van der Waals surface area contributed by atoms with Crippen molar-refractivity contribution in [2.45, 2.75) is 25.2 Å². The second-order valence-electron chi connectivity index (χ2n) is 4.57. The molecule has 0 amide bonds. The number of rotatable bonds is 2. The zero-order valence-electron chi connectivity index (χ0n) is 9.68. The molecule has 0 unspecified atom stereocenters. The van der Waals surface area contributed by atoms with Gasteiger partial charge in [0, 0.05) is 13.1 Å². The summed E-state index contributed by atoms with van der Waals surface area (Å²) in [5, 5.41) is 0. The van der Waals surface area contributed by atoms with Gasteiger partial charge in [-0.3, -0.25) is 0 Å². The Kier molecular flexibility index (Phi) is 3.04. The van der Waals surface area contributed by atoms with Crippen molar-refractivity contribution in [1.29, 1.82) is 0 Å². The van der Waals surface area contributed by atoms with Gasteiger partial charge in [0.2, 0.25) is 10.0 Å². The van der Waals surface area contributed by atoms with Gasteiger partial charge in [0.1, 0.15) is 0 Å². The number of benzene rings is 1. The molecular formula is C12H17NO2S. The molecule has 1 fully saturated rings. The first-order valence-electron chi connectivity index (χ1n) is 5.57. The third kappa shape index (κ3) is 2.13. The van der Waals surface area contributed by atoms with Crippen LogP contribution in [-0.4, -0.2) is 25.8 Å². The number of hydrogen-bond donors (Lipinski definition) is 0. The van der Waals surface area contributed by atoms with Crippen molar-refractivity contribution in [2.24, 2.45) is 5.92 Å². The third-order valence-corrected chi connectivity index (χ3v) is 4.92. The van der Waals surface area contributed by atoms with Crippen molar-refractivity contribution in [3.8, 4) is 0 Å². The zero-order valence-corrected chi connectivity index (χ0v) is 10.5. The fourth-order valence-electron chi connectivity index (χ4n) is 1.97. The van der Waals surface area contributed by atoms with E-state index in [0.29, 0.717) is 23.9 Å². The molecule has 3 nitrogen and oxygen atoms in total. The van der Waals surface area contributed by atoms with Crippen molar-refractivity contribution >= 4 is 10.0 Å². The Balaban J connectivity index is 2.29. The predicted molar refractivity (Wildman–Crippen MR) is 63.7 cm³/mol. The molecule has 0 aliphatic carbocycles. The first kappa shape index (κ1) is 11.6. The van der Waals surface area contributed by atoms with E-state index in [1.165, 1.54) is 0 Å². The largest absolute Gasteiger partial charge is 0.243 e. The van der Waals surface area contributed by atoms with Gasteiger partial charge in [0.05, 0.1) is 4.90 Å². The Morgan fingerprint density at radius 1 is 1.25 bits per heavy atom. The molecular weight excluding hydrogens is 222 g/mol. The van der Waals surface area contributed by atoms with Gasteiger partial charge in [-0.05, 0) is 31.4 Å². The number of aryl methyl sites for hydroxylation is 1. The van der Waals surface area contributed by atoms with Crippen LogP contribution in [0.15, 0.2) is 29.2 Å². The second kappa shape index (κ2) is 4.18. The van der Waals surface area contributed by atoms with Crippen LogP contribution < -0.4 is 0 Å². The molecule has 1 saturated heterocycles. The molecule has 1 heterocycles. The van der Waals surface area contributed by atoms with Gasteiger partial charge in [-0.25, -0.2) is 8.42 Å². The summed E-state index contributed by atoms with van der Waals surface area (Å²) in [6.07, 6.45) is 0.963. The SMILES string of the molecule is Cc1ccc(S(=O)(=O)N2CC[C@@H](C)C2)cc1.